The fraction of sp³-hybridized carbons (Fsp3) is 0.455. The van der Waals surface area contributed by atoms with Crippen molar-refractivity contribution in [3.63, 3.8) is 0 Å². The summed E-state index contributed by atoms with van der Waals surface area (Å²) in [5, 5.41) is 3.35. The number of hydrogen-bond acceptors (Lipinski definition) is 2. The maximum Gasteiger partial charge on any atom is 0.0536 e. The van der Waals surface area contributed by atoms with Crippen LogP contribution in [-0.2, 0) is 5.54 Å². The highest BCUT2D eigenvalue weighted by atomic mass is 35.5. The minimum absolute atomic E-state index is 0. The first-order valence-electron chi connectivity index (χ1n) is 4.86. The predicted octanol–water partition coefficient (Wildman–Crippen LogP) is 2.07. The van der Waals surface area contributed by atoms with Gasteiger partial charge in [-0.05, 0) is 24.9 Å². The number of hydrogen-bond donors (Lipinski definition) is 2. The summed E-state index contributed by atoms with van der Waals surface area (Å²) < 4.78 is 0. The van der Waals surface area contributed by atoms with Crippen molar-refractivity contribution in [1.29, 1.82) is 0 Å². The van der Waals surface area contributed by atoms with E-state index in [1.54, 1.807) is 0 Å². The molecule has 1 saturated heterocycles. The fourth-order valence-electron chi connectivity index (χ4n) is 1.95. The lowest BCUT2D eigenvalue weighted by Gasteiger charge is -2.34. The highest BCUT2D eigenvalue weighted by molar-refractivity contribution is 5.85. The zero-order chi connectivity index (χ0) is 9.15. The van der Waals surface area contributed by atoms with Crippen LogP contribution in [0.15, 0.2) is 30.3 Å². The van der Waals surface area contributed by atoms with Crippen molar-refractivity contribution < 1.29 is 0 Å². The van der Waals surface area contributed by atoms with E-state index in [4.69, 9.17) is 5.73 Å². The van der Waals surface area contributed by atoms with Crippen molar-refractivity contribution >= 4 is 24.8 Å². The van der Waals surface area contributed by atoms with Gasteiger partial charge in [0.15, 0.2) is 0 Å². The minimum atomic E-state index is -0.139. The first-order valence-corrected chi connectivity index (χ1v) is 4.86. The van der Waals surface area contributed by atoms with Crippen molar-refractivity contribution in [2.24, 2.45) is 5.73 Å². The molecule has 0 aliphatic carbocycles. The van der Waals surface area contributed by atoms with Gasteiger partial charge in [0.2, 0.25) is 0 Å². The molecule has 1 aromatic carbocycles. The average molecular weight is 249 g/mol. The molecule has 3 N–H and O–H groups in total. The molecule has 15 heavy (non-hydrogen) atoms. The molecule has 1 heterocycles. The number of nitrogens with one attached hydrogen (secondary N) is 1. The Hall–Kier alpha value is -0.280. The molecule has 1 unspecified atom stereocenters. The molecule has 1 fully saturated rings. The van der Waals surface area contributed by atoms with Crippen LogP contribution in [0.3, 0.4) is 0 Å². The van der Waals surface area contributed by atoms with Crippen LogP contribution in [0.5, 0.6) is 0 Å². The van der Waals surface area contributed by atoms with Gasteiger partial charge in [-0.15, -0.1) is 24.8 Å². The number of halogens is 2. The molecule has 1 aliphatic heterocycles. The SMILES string of the molecule is Cl.Cl.NC1(c2ccccc2)CCCNC1. The van der Waals surface area contributed by atoms with Gasteiger partial charge in [0.05, 0.1) is 5.54 Å². The van der Waals surface area contributed by atoms with Gasteiger partial charge in [-0.2, -0.15) is 0 Å². The number of benzene rings is 1. The summed E-state index contributed by atoms with van der Waals surface area (Å²) >= 11 is 0. The predicted molar refractivity (Wildman–Crippen MR) is 68.9 cm³/mol. The van der Waals surface area contributed by atoms with E-state index in [2.05, 4.69) is 29.6 Å². The monoisotopic (exact) mass is 248 g/mol. The van der Waals surface area contributed by atoms with Gasteiger partial charge in [-0.3, -0.25) is 0 Å². The third kappa shape index (κ3) is 3.35. The van der Waals surface area contributed by atoms with Crippen molar-refractivity contribution in [2.75, 3.05) is 13.1 Å². The first kappa shape index (κ1) is 14.7. The lowest BCUT2D eigenvalue weighted by atomic mass is 9.84. The highest BCUT2D eigenvalue weighted by Crippen LogP contribution is 2.24. The molecule has 1 aliphatic rings. The van der Waals surface area contributed by atoms with Crippen LogP contribution in [-0.4, -0.2) is 13.1 Å². The Bertz CT molecular complexity index is 271. The number of piperidine rings is 1. The van der Waals surface area contributed by atoms with E-state index in [1.807, 2.05) is 6.07 Å². The van der Waals surface area contributed by atoms with Gasteiger partial charge in [0.25, 0.3) is 0 Å². The molecule has 86 valence electrons. The summed E-state index contributed by atoms with van der Waals surface area (Å²) in [6.45, 7) is 2.00. The molecule has 0 amide bonds. The van der Waals surface area contributed by atoms with E-state index in [-0.39, 0.29) is 30.4 Å². The Morgan fingerprint density at radius 2 is 1.80 bits per heavy atom. The van der Waals surface area contributed by atoms with Crippen LogP contribution in [0.4, 0.5) is 0 Å². The molecule has 0 bridgehead atoms. The van der Waals surface area contributed by atoms with Gasteiger partial charge < -0.3 is 11.1 Å². The van der Waals surface area contributed by atoms with Gasteiger partial charge in [0.1, 0.15) is 0 Å². The Labute approximate surface area is 103 Å². The van der Waals surface area contributed by atoms with Gasteiger partial charge in [0, 0.05) is 6.54 Å². The summed E-state index contributed by atoms with van der Waals surface area (Å²) in [5.74, 6) is 0. The summed E-state index contributed by atoms with van der Waals surface area (Å²) in [6.07, 6.45) is 2.26. The van der Waals surface area contributed by atoms with Gasteiger partial charge >= 0.3 is 0 Å². The number of nitrogens with two attached hydrogens (primary N) is 1. The van der Waals surface area contributed by atoms with E-state index >= 15 is 0 Å². The summed E-state index contributed by atoms with van der Waals surface area (Å²) in [7, 11) is 0. The molecule has 0 radical (unpaired) electrons. The third-order valence-electron chi connectivity index (χ3n) is 2.77. The van der Waals surface area contributed by atoms with Crippen molar-refractivity contribution in [2.45, 2.75) is 18.4 Å². The largest absolute Gasteiger partial charge is 0.320 e. The Morgan fingerprint density at radius 1 is 1.13 bits per heavy atom. The average Bonchev–Trinajstić information content (AvgIpc) is 2.20. The molecule has 1 aromatic rings. The van der Waals surface area contributed by atoms with E-state index in [9.17, 15) is 0 Å². The molecular formula is C11H18Cl2N2. The lowest BCUT2D eigenvalue weighted by Crippen LogP contribution is -2.49. The molecule has 0 spiro atoms. The van der Waals surface area contributed by atoms with Crippen LogP contribution in [0, 0.1) is 0 Å². The quantitative estimate of drug-likeness (QED) is 0.799. The van der Waals surface area contributed by atoms with E-state index in [1.165, 1.54) is 12.0 Å². The van der Waals surface area contributed by atoms with E-state index in [0.717, 1.165) is 19.5 Å². The van der Waals surface area contributed by atoms with Crippen LogP contribution in [0.1, 0.15) is 18.4 Å². The summed E-state index contributed by atoms with van der Waals surface area (Å²) in [5.41, 5.74) is 7.43. The molecule has 4 heteroatoms. The van der Waals surface area contributed by atoms with Crippen LogP contribution < -0.4 is 11.1 Å². The molecule has 0 aromatic heterocycles. The maximum absolute atomic E-state index is 6.32. The smallest absolute Gasteiger partial charge is 0.0536 e. The zero-order valence-electron chi connectivity index (χ0n) is 8.61. The minimum Gasteiger partial charge on any atom is -0.320 e. The Balaban J connectivity index is 0.000000980. The van der Waals surface area contributed by atoms with E-state index < -0.39 is 0 Å². The second-order valence-corrected chi connectivity index (χ2v) is 3.80. The standard InChI is InChI=1S/C11H16N2.2ClH/c12-11(7-4-8-13-9-11)10-5-2-1-3-6-10;;/h1-3,5-6,13H,4,7-9,12H2;2*1H. The fourth-order valence-corrected chi connectivity index (χ4v) is 1.95. The normalized spacial score (nSPS) is 24.9. The van der Waals surface area contributed by atoms with Crippen molar-refractivity contribution in [3.8, 4) is 0 Å². The lowest BCUT2D eigenvalue weighted by molar-refractivity contribution is 0.322. The summed E-state index contributed by atoms with van der Waals surface area (Å²) in [4.78, 5) is 0. The maximum atomic E-state index is 6.32. The zero-order valence-corrected chi connectivity index (χ0v) is 10.2. The molecule has 0 saturated carbocycles. The molecular weight excluding hydrogens is 231 g/mol. The first-order chi connectivity index (χ1) is 6.31. The second kappa shape index (κ2) is 6.33. The number of rotatable bonds is 1. The Morgan fingerprint density at radius 3 is 2.33 bits per heavy atom. The molecule has 1 atom stereocenters. The highest BCUT2D eigenvalue weighted by Gasteiger charge is 2.28. The Kier molecular flexibility index (Phi) is 6.22. The molecule has 2 rings (SSSR count). The van der Waals surface area contributed by atoms with Crippen molar-refractivity contribution in [1.82, 2.24) is 5.32 Å². The summed E-state index contributed by atoms with van der Waals surface area (Å²) in [6, 6.07) is 10.4. The van der Waals surface area contributed by atoms with Crippen LogP contribution >= 0.6 is 24.8 Å². The van der Waals surface area contributed by atoms with Gasteiger partial charge in [-0.1, -0.05) is 30.3 Å². The van der Waals surface area contributed by atoms with Crippen LogP contribution in [0.2, 0.25) is 0 Å². The van der Waals surface area contributed by atoms with Crippen LogP contribution in [0.25, 0.3) is 0 Å². The second-order valence-electron chi connectivity index (χ2n) is 3.80. The van der Waals surface area contributed by atoms with Crippen molar-refractivity contribution in [3.05, 3.63) is 35.9 Å². The van der Waals surface area contributed by atoms with Gasteiger partial charge in [-0.25, -0.2) is 0 Å². The third-order valence-corrected chi connectivity index (χ3v) is 2.77. The van der Waals surface area contributed by atoms with E-state index in [0.29, 0.717) is 0 Å². The molecule has 2 nitrogen and oxygen atoms in total. The topological polar surface area (TPSA) is 38.0 Å².